The third kappa shape index (κ3) is 14.1. The van der Waals surface area contributed by atoms with Crippen molar-refractivity contribution in [1.29, 1.82) is 5.26 Å². The van der Waals surface area contributed by atoms with Crippen LogP contribution in [0.15, 0.2) is 121 Å². The van der Waals surface area contributed by atoms with E-state index in [2.05, 4.69) is 22.0 Å². The summed E-state index contributed by atoms with van der Waals surface area (Å²) in [7, 11) is 1.52. The molecule has 3 atom stereocenters. The van der Waals surface area contributed by atoms with Crippen molar-refractivity contribution >= 4 is 53.2 Å². The number of imide groups is 3. The lowest BCUT2D eigenvalue weighted by Crippen LogP contribution is -2.44. The molecule has 17 nitrogen and oxygen atoms in total. The van der Waals surface area contributed by atoms with Crippen molar-refractivity contribution in [3.63, 3.8) is 0 Å². The predicted octanol–water partition coefficient (Wildman–Crippen LogP) is 7.16. The number of nitriles is 1. The van der Waals surface area contributed by atoms with Gasteiger partial charge in [0.05, 0.1) is 38.4 Å². The van der Waals surface area contributed by atoms with Gasteiger partial charge in [-0.3, -0.25) is 43.5 Å². The smallest absolute Gasteiger partial charge is 0.325 e. The van der Waals surface area contributed by atoms with Crippen molar-refractivity contribution in [2.75, 3.05) is 26.7 Å². The van der Waals surface area contributed by atoms with Crippen LogP contribution in [0.4, 0.5) is 18.8 Å². The Morgan fingerprint density at radius 2 is 1.09 bits per heavy atom. The highest BCUT2D eigenvalue weighted by Crippen LogP contribution is 2.31. The Hall–Kier alpha value is -8.85. The number of halogens is 1. The number of ketones is 3. The standard InChI is InChI=1S/C22H21N3O4.C21H21FN2O3.C16H20N2O3/c1-14-7-8-15(16(9-14)12-23)10-18(26)13-25-20(27)22(2,24-21(25)28)17-5-4-6-19(11-17)29-3;1-21(12-11-15-5-3-2-4-6-15)19(26)24(20(27)23-21)14-18(25)13-16-7-9-17(22)10-8-16;1-4-16(3)14(20)18(15(21)17-16)10-13(19)9-12-7-5-11(2)6-8-12/h4-9,11H,10,13H2,1-3H3,(H,24,28);2-10H,11-14H2,1H3,(H,23,27);5-8H,4,9-10H2,1-3H3,(H,17,21). The number of aryl methyl sites for hydroxylation is 3. The minimum Gasteiger partial charge on any atom is -0.497 e. The van der Waals surface area contributed by atoms with Crippen LogP contribution in [0.1, 0.15) is 85.0 Å². The number of urea groups is 3. The number of amides is 9. The normalized spacial score (nSPS) is 19.5. The van der Waals surface area contributed by atoms with E-state index >= 15 is 0 Å². The lowest BCUT2D eigenvalue weighted by molar-refractivity contribution is -0.134. The van der Waals surface area contributed by atoms with E-state index in [1.807, 2.05) is 81.4 Å². The maximum atomic E-state index is 13.0. The Kier molecular flexibility index (Phi) is 18.4. The number of rotatable bonds is 18. The summed E-state index contributed by atoms with van der Waals surface area (Å²) < 4.78 is 18.1. The van der Waals surface area contributed by atoms with Gasteiger partial charge >= 0.3 is 18.1 Å². The van der Waals surface area contributed by atoms with Gasteiger partial charge in [0.2, 0.25) is 0 Å². The second-order valence-corrected chi connectivity index (χ2v) is 19.9. The second kappa shape index (κ2) is 24.7. The minimum absolute atomic E-state index is 0.0316. The molecule has 0 aromatic heterocycles. The summed E-state index contributed by atoms with van der Waals surface area (Å²) in [5, 5.41) is 17.3. The molecule has 0 aliphatic carbocycles. The molecule has 3 N–H and O–H groups in total. The number of hydrogen-bond donors (Lipinski definition) is 3. The molecule has 5 aromatic carbocycles. The second-order valence-electron chi connectivity index (χ2n) is 19.9. The summed E-state index contributed by atoms with van der Waals surface area (Å²) in [5.74, 6) is -1.81. The number of hydrogen-bond acceptors (Lipinski definition) is 11. The molecule has 3 aliphatic rings. The molecule has 0 bridgehead atoms. The van der Waals surface area contributed by atoms with Crippen molar-refractivity contribution in [2.24, 2.45) is 0 Å². The molecule has 9 amide bonds. The van der Waals surface area contributed by atoms with Gasteiger partial charge in [0.25, 0.3) is 17.7 Å². The molecule has 3 unspecified atom stereocenters. The summed E-state index contributed by atoms with van der Waals surface area (Å²) in [6.45, 7) is 9.80. The van der Waals surface area contributed by atoms with Gasteiger partial charge < -0.3 is 20.7 Å². The molecule has 77 heavy (non-hydrogen) atoms. The van der Waals surface area contributed by atoms with E-state index in [0.29, 0.717) is 47.3 Å². The Morgan fingerprint density at radius 1 is 0.584 bits per heavy atom. The number of benzene rings is 5. The maximum absolute atomic E-state index is 13.0. The largest absolute Gasteiger partial charge is 0.497 e. The summed E-state index contributed by atoms with van der Waals surface area (Å²) in [6, 6.07) is 35.4. The number of nitrogens with one attached hydrogen (secondary N) is 3. The highest BCUT2D eigenvalue weighted by molar-refractivity contribution is 6.11. The number of carbonyl (C=O) groups excluding carboxylic acids is 9. The van der Waals surface area contributed by atoms with Crippen LogP contribution in [0.5, 0.6) is 5.75 Å². The first kappa shape index (κ1) is 57.4. The number of carbonyl (C=O) groups is 9. The van der Waals surface area contributed by atoms with Crippen LogP contribution in [0.3, 0.4) is 0 Å². The van der Waals surface area contributed by atoms with Crippen LogP contribution in [-0.4, -0.2) is 106 Å². The summed E-state index contributed by atoms with van der Waals surface area (Å²) >= 11 is 0. The zero-order valence-electron chi connectivity index (χ0n) is 44.2. The summed E-state index contributed by atoms with van der Waals surface area (Å²) in [6.07, 6.45) is 1.82. The molecule has 3 fully saturated rings. The Morgan fingerprint density at radius 3 is 1.64 bits per heavy atom. The van der Waals surface area contributed by atoms with Gasteiger partial charge in [-0.1, -0.05) is 103 Å². The van der Waals surface area contributed by atoms with Crippen LogP contribution < -0.4 is 20.7 Å². The number of ether oxygens (including phenoxy) is 1. The van der Waals surface area contributed by atoms with Crippen molar-refractivity contribution in [3.8, 4) is 11.8 Å². The molecule has 0 spiro atoms. The monoisotopic (exact) mass is 1050 g/mol. The number of Topliss-reactive ketones (excluding diaryl/α,β-unsaturated/α-hetero) is 3. The Labute approximate surface area is 446 Å². The van der Waals surface area contributed by atoms with E-state index in [1.54, 1.807) is 57.2 Å². The van der Waals surface area contributed by atoms with Crippen molar-refractivity contribution < 1.29 is 52.3 Å². The molecule has 0 saturated carbocycles. The quantitative estimate of drug-likeness (QED) is 0.0745. The van der Waals surface area contributed by atoms with Gasteiger partial charge in [-0.05, 0) is 118 Å². The van der Waals surface area contributed by atoms with Gasteiger partial charge in [0.1, 0.15) is 28.2 Å². The first-order chi connectivity index (χ1) is 36.5. The van der Waals surface area contributed by atoms with Gasteiger partial charge in [-0.15, -0.1) is 0 Å². The fourth-order valence-electron chi connectivity index (χ4n) is 8.82. The summed E-state index contributed by atoms with van der Waals surface area (Å²) in [4.78, 5) is 114. The predicted molar refractivity (Wildman–Crippen MR) is 283 cm³/mol. The van der Waals surface area contributed by atoms with Gasteiger partial charge in [0.15, 0.2) is 17.3 Å². The SMILES string of the molecule is CC1(CCc2ccccc2)NC(=O)N(CC(=O)Cc2ccc(F)cc2)C1=O.CCC1(C)NC(=O)N(CC(=O)Cc2ccc(C)cc2)C1=O.COc1cccc(C2(C)NC(=O)N(CC(=O)Cc3ccc(C)cc3C#N)C2=O)c1. The van der Waals surface area contributed by atoms with Gasteiger partial charge in [-0.25, -0.2) is 18.8 Å². The van der Waals surface area contributed by atoms with E-state index in [9.17, 15) is 52.8 Å². The van der Waals surface area contributed by atoms with Crippen LogP contribution >= 0.6 is 0 Å². The molecule has 3 aliphatic heterocycles. The van der Waals surface area contributed by atoms with Gasteiger partial charge in [-0.2, -0.15) is 5.26 Å². The first-order valence-corrected chi connectivity index (χ1v) is 25.0. The molecule has 400 valence electrons. The van der Waals surface area contributed by atoms with E-state index in [-0.39, 0.29) is 68.0 Å². The van der Waals surface area contributed by atoms with E-state index in [1.165, 1.54) is 31.4 Å². The highest BCUT2D eigenvalue weighted by atomic mass is 19.1. The van der Waals surface area contributed by atoms with Crippen LogP contribution in [-0.2, 0) is 60.0 Å². The zero-order chi connectivity index (χ0) is 56.2. The molecule has 3 heterocycles. The topological polar surface area (TPSA) is 232 Å². The fraction of sp³-hybridized carbons (Fsp3) is 0.322. The molecule has 3 saturated heterocycles. The molecular formula is C59H62FN7O10. The minimum atomic E-state index is -1.28. The number of nitrogens with zero attached hydrogens (tertiary/aromatic N) is 4. The molecule has 8 rings (SSSR count). The van der Waals surface area contributed by atoms with E-state index in [4.69, 9.17) is 4.74 Å². The fourth-order valence-corrected chi connectivity index (χ4v) is 8.82. The number of methoxy groups -OCH3 is 1. The van der Waals surface area contributed by atoms with Crippen LogP contribution in [0, 0.1) is 31.0 Å². The summed E-state index contributed by atoms with van der Waals surface area (Å²) in [5.41, 5.74) is 3.00. The van der Waals surface area contributed by atoms with Crippen molar-refractivity contribution in [1.82, 2.24) is 30.7 Å². The lowest BCUT2D eigenvalue weighted by atomic mass is 9.92. The molecular weight excluding hydrogens is 986 g/mol. The van der Waals surface area contributed by atoms with Crippen LogP contribution in [0.2, 0.25) is 0 Å². The lowest BCUT2D eigenvalue weighted by Gasteiger charge is -2.22. The average molecular weight is 1050 g/mol. The van der Waals surface area contributed by atoms with Gasteiger partial charge in [0, 0.05) is 19.3 Å². The maximum Gasteiger partial charge on any atom is 0.325 e. The molecule has 5 aromatic rings. The third-order valence-electron chi connectivity index (χ3n) is 13.7. The molecule has 0 radical (unpaired) electrons. The molecule has 18 heteroatoms. The van der Waals surface area contributed by atoms with E-state index in [0.717, 1.165) is 37.0 Å². The Bertz CT molecular complexity index is 3120. The van der Waals surface area contributed by atoms with Crippen LogP contribution in [0.25, 0.3) is 0 Å². The van der Waals surface area contributed by atoms with E-state index < -0.39 is 46.5 Å². The van der Waals surface area contributed by atoms with Crippen molar-refractivity contribution in [3.05, 3.63) is 172 Å². The first-order valence-electron chi connectivity index (χ1n) is 25.0. The average Bonchev–Trinajstić information content (AvgIpc) is 3.87. The third-order valence-corrected chi connectivity index (χ3v) is 13.7. The highest BCUT2D eigenvalue weighted by Gasteiger charge is 2.50. The Balaban J connectivity index is 0.000000190. The zero-order valence-corrected chi connectivity index (χ0v) is 44.2. The van der Waals surface area contributed by atoms with Crippen molar-refractivity contribution in [2.45, 2.75) is 96.7 Å².